The molecule has 0 fully saturated rings. The van der Waals surface area contributed by atoms with Gasteiger partial charge in [-0.15, -0.1) is 11.6 Å². The highest BCUT2D eigenvalue weighted by Crippen LogP contribution is 2.27. The molecule has 380 valence electrons. The number of Topliss-reactive ketones (excluding diaryl/α,β-unsaturated/α-hetero) is 7. The number of hydrogen-bond acceptors (Lipinski definition) is 7. The van der Waals surface area contributed by atoms with E-state index in [1.54, 1.807) is 0 Å². The molecular formula is C34H48ClF21O7. The fourth-order valence-electron chi connectivity index (χ4n) is 2.17. The molecular weight excluding hydrogens is 955 g/mol. The molecule has 1 atom stereocenters. The Morgan fingerprint density at radius 3 is 0.730 bits per heavy atom. The van der Waals surface area contributed by atoms with Crippen molar-refractivity contribution in [1.29, 1.82) is 0 Å². The maximum Gasteiger partial charge on any atom is 0.450 e. The number of ketones is 7. The molecule has 0 N–H and O–H groups in total. The van der Waals surface area contributed by atoms with Crippen LogP contribution in [0.2, 0.25) is 0 Å². The van der Waals surface area contributed by atoms with Crippen LogP contribution in [0.5, 0.6) is 0 Å². The van der Waals surface area contributed by atoms with E-state index in [4.69, 9.17) is 11.6 Å². The maximum atomic E-state index is 11.7. The van der Waals surface area contributed by atoms with E-state index in [0.29, 0.717) is 6.92 Å². The summed E-state index contributed by atoms with van der Waals surface area (Å²) in [6.07, 6.45) is -38.5. The minimum Gasteiger partial charge on any atom is -0.290 e. The first-order chi connectivity index (χ1) is 27.7. The summed E-state index contributed by atoms with van der Waals surface area (Å²) in [5.41, 5.74) is 0. The molecule has 0 saturated carbocycles. The summed E-state index contributed by atoms with van der Waals surface area (Å²) < 4.78 is 240. The highest BCUT2D eigenvalue weighted by molar-refractivity contribution is 6.17. The molecule has 0 aromatic rings. The van der Waals surface area contributed by atoms with Gasteiger partial charge in [-0.1, -0.05) is 75.7 Å². The third kappa shape index (κ3) is 51.0. The third-order valence-electron chi connectivity index (χ3n) is 4.98. The molecule has 0 spiro atoms. The van der Waals surface area contributed by atoms with Gasteiger partial charge in [0.1, 0.15) is 0 Å². The highest BCUT2D eigenvalue weighted by atomic mass is 35.5. The second-order valence-electron chi connectivity index (χ2n) is 11.2. The summed E-state index contributed by atoms with van der Waals surface area (Å²) in [7, 11) is 0. The van der Waals surface area contributed by atoms with Crippen molar-refractivity contribution < 1.29 is 126 Å². The fraction of sp³-hybridized carbons (Fsp3) is 0.794. The lowest BCUT2D eigenvalue weighted by Gasteiger charge is -2.12. The van der Waals surface area contributed by atoms with Crippen LogP contribution in [0.25, 0.3) is 0 Å². The van der Waals surface area contributed by atoms with Crippen molar-refractivity contribution in [2.45, 2.75) is 157 Å². The fourth-order valence-corrected chi connectivity index (χ4v) is 2.17. The molecule has 0 heterocycles. The van der Waals surface area contributed by atoms with Crippen molar-refractivity contribution in [3.05, 3.63) is 0 Å². The van der Waals surface area contributed by atoms with Crippen LogP contribution in [0.15, 0.2) is 0 Å². The van der Waals surface area contributed by atoms with Gasteiger partial charge in [0, 0.05) is 49.8 Å². The van der Waals surface area contributed by atoms with Crippen LogP contribution in [-0.4, -0.2) is 89.6 Å². The number of carbonyl (C=O) groups is 7. The van der Waals surface area contributed by atoms with Gasteiger partial charge < -0.3 is 0 Å². The van der Waals surface area contributed by atoms with Gasteiger partial charge in [0.15, 0.2) is 0 Å². The van der Waals surface area contributed by atoms with Crippen molar-refractivity contribution in [1.82, 2.24) is 0 Å². The minimum absolute atomic E-state index is 0.248. The lowest BCUT2D eigenvalue weighted by Crippen LogP contribution is -2.33. The van der Waals surface area contributed by atoms with Crippen LogP contribution in [0.4, 0.5) is 92.2 Å². The van der Waals surface area contributed by atoms with E-state index >= 15 is 0 Å². The highest BCUT2D eigenvalue weighted by Gasteiger charge is 2.46. The molecule has 0 bridgehead atoms. The molecule has 63 heavy (non-hydrogen) atoms. The van der Waals surface area contributed by atoms with E-state index < -0.39 is 128 Å². The van der Waals surface area contributed by atoms with Gasteiger partial charge in [0.2, 0.25) is 40.5 Å². The molecule has 0 aliphatic heterocycles. The van der Waals surface area contributed by atoms with Crippen molar-refractivity contribution >= 4 is 52.1 Å². The van der Waals surface area contributed by atoms with Crippen molar-refractivity contribution in [2.75, 3.05) is 5.88 Å². The second kappa shape index (κ2) is 35.8. The molecule has 0 radical (unpaired) electrons. The molecule has 0 aromatic heterocycles. The SMILES string of the molecule is CC.CC(C)C(=O)C(F)(F)F.CC(CC(=O)C(F)(F)F)C(=O)C(F)(F)F.CCC.CCC(=O)C(F)(F)F.CCCC(=O)C(F)(F)F.CCCl.O=C(CCC(=O)C(F)(F)F)C(F)(F)F. The Labute approximate surface area is 353 Å². The monoisotopic (exact) mass is 1000 g/mol. The van der Waals surface area contributed by atoms with E-state index in [-0.39, 0.29) is 6.42 Å². The molecule has 7 nitrogen and oxygen atoms in total. The molecule has 0 saturated heterocycles. The predicted molar refractivity (Wildman–Crippen MR) is 184 cm³/mol. The third-order valence-corrected chi connectivity index (χ3v) is 4.98. The van der Waals surface area contributed by atoms with Crippen LogP contribution >= 0.6 is 11.6 Å². The summed E-state index contributed by atoms with van der Waals surface area (Å²) in [6, 6.07) is 0. The van der Waals surface area contributed by atoms with E-state index in [0.717, 1.165) is 5.88 Å². The molecule has 0 amide bonds. The van der Waals surface area contributed by atoms with E-state index in [1.165, 1.54) is 34.1 Å². The van der Waals surface area contributed by atoms with Crippen LogP contribution in [0, 0.1) is 11.8 Å². The Kier molecular flexibility index (Phi) is 43.6. The smallest absolute Gasteiger partial charge is 0.290 e. The van der Waals surface area contributed by atoms with E-state index in [9.17, 15) is 126 Å². The molecule has 0 aliphatic rings. The lowest BCUT2D eigenvalue weighted by atomic mass is 9.99. The zero-order chi connectivity index (χ0) is 53.4. The number of rotatable bonds is 10. The number of hydrogen-bond donors (Lipinski definition) is 0. The van der Waals surface area contributed by atoms with Crippen LogP contribution in [-0.2, 0) is 33.6 Å². The van der Waals surface area contributed by atoms with Crippen LogP contribution in [0.1, 0.15) is 114 Å². The summed E-state index contributed by atoms with van der Waals surface area (Å²) >= 11 is 5.00. The minimum atomic E-state index is -5.22. The topological polar surface area (TPSA) is 119 Å². The number of alkyl halides is 22. The standard InChI is InChI=1S/C7H6F6O2.C6H4F6O2.2C5H7F3O.C4H5F3O.C3H8.C2H5Cl.C2H6/c1-3(5(15)7(11,12)13)2-4(14)6(8,9)10;7-5(8,9)3(13)1-2-4(14)6(10,11)12;1-3(2)4(9)5(6,7)8;1-2-3-4(9)5(6,7)8;1-2-3(8)4(5,6)7;1-3-2;1-2-3;1-2/h3H,2H2,1H3;1-2H2;3H,1-2H3;2-3H2,1H3;2H2,1H3;3H2,1-2H3;2H2,1H3;1-2H3. The first-order valence-corrected chi connectivity index (χ1v) is 18.0. The van der Waals surface area contributed by atoms with Crippen LogP contribution in [0.3, 0.4) is 0 Å². The van der Waals surface area contributed by atoms with Gasteiger partial charge in [-0.25, -0.2) is 0 Å². The van der Waals surface area contributed by atoms with E-state index in [1.807, 2.05) is 20.8 Å². The maximum absolute atomic E-state index is 11.7. The summed E-state index contributed by atoms with van der Waals surface area (Å²) in [4.78, 5) is 70.4. The molecule has 0 aliphatic carbocycles. The molecule has 1 unspecified atom stereocenters. The van der Waals surface area contributed by atoms with Crippen molar-refractivity contribution in [2.24, 2.45) is 11.8 Å². The Hall–Kier alpha value is -3.49. The zero-order valence-corrected chi connectivity index (χ0v) is 35.7. The summed E-state index contributed by atoms with van der Waals surface area (Å²) in [6.45, 7) is 15.9. The van der Waals surface area contributed by atoms with Gasteiger partial charge in [0.05, 0.1) is 0 Å². The molecule has 29 heteroatoms. The Morgan fingerprint density at radius 2 is 0.619 bits per heavy atom. The van der Waals surface area contributed by atoms with Gasteiger partial charge >= 0.3 is 43.2 Å². The Morgan fingerprint density at radius 1 is 0.397 bits per heavy atom. The lowest BCUT2D eigenvalue weighted by molar-refractivity contribution is -0.180. The van der Waals surface area contributed by atoms with Gasteiger partial charge in [-0.3, -0.25) is 33.6 Å². The molecule has 0 rings (SSSR count). The average molecular weight is 1000 g/mol. The van der Waals surface area contributed by atoms with Crippen LogP contribution < -0.4 is 0 Å². The largest absolute Gasteiger partial charge is 0.450 e. The zero-order valence-electron chi connectivity index (χ0n) is 35.0. The van der Waals surface area contributed by atoms with Gasteiger partial charge in [0.25, 0.3) is 0 Å². The molecule has 0 aromatic carbocycles. The quantitative estimate of drug-likeness (QED) is 0.158. The number of halogens is 22. The van der Waals surface area contributed by atoms with E-state index in [2.05, 4.69) is 13.8 Å². The summed E-state index contributed by atoms with van der Waals surface area (Å²) in [5, 5.41) is 0. The predicted octanol–water partition coefficient (Wildman–Crippen LogP) is 13.2. The Balaban J connectivity index is -0.0000000975. The van der Waals surface area contributed by atoms with Gasteiger partial charge in [-0.05, 0) is 6.42 Å². The van der Waals surface area contributed by atoms with Crippen molar-refractivity contribution in [3.63, 3.8) is 0 Å². The number of carbonyl (C=O) groups excluding carboxylic acids is 7. The summed E-state index contributed by atoms with van der Waals surface area (Å²) in [5.74, 6) is -16.6. The van der Waals surface area contributed by atoms with Gasteiger partial charge in [-0.2, -0.15) is 92.2 Å². The Bertz CT molecular complexity index is 1260. The average Bonchev–Trinajstić information content (AvgIpc) is 3.09. The first kappa shape index (κ1) is 76.8. The second-order valence-corrected chi connectivity index (χ2v) is 11.7. The van der Waals surface area contributed by atoms with Crippen molar-refractivity contribution in [3.8, 4) is 0 Å². The first-order valence-electron chi connectivity index (χ1n) is 17.4. The normalized spacial score (nSPS) is 11.9.